The van der Waals surface area contributed by atoms with Gasteiger partial charge in [0, 0.05) is 25.3 Å². The van der Waals surface area contributed by atoms with Gasteiger partial charge in [0.2, 0.25) is 5.91 Å². The Kier molecular flexibility index (Phi) is 6.36. The number of carbonyl (C=O) groups excluding carboxylic acids is 1. The van der Waals surface area contributed by atoms with Gasteiger partial charge in [-0.05, 0) is 30.5 Å². The molecule has 0 fully saturated rings. The number of nitrogens with zero attached hydrogens (tertiary/aromatic N) is 1. The molecule has 106 valence electrons. The maximum Gasteiger partial charge on any atom is 0.239 e. The predicted octanol–water partition coefficient (Wildman–Crippen LogP) is 1.89. The minimum Gasteiger partial charge on any atom is -0.365 e. The number of hydrogen-bond acceptors (Lipinski definition) is 3. The Labute approximate surface area is 116 Å². The average molecular weight is 263 g/mol. The highest BCUT2D eigenvalue weighted by Gasteiger charge is 2.11. The lowest BCUT2D eigenvalue weighted by Crippen LogP contribution is -2.40. The number of nitrogens with one attached hydrogen (secondary N) is 1. The summed E-state index contributed by atoms with van der Waals surface area (Å²) in [6.45, 7) is 5.09. The Morgan fingerprint density at radius 1 is 1.26 bits per heavy atom. The van der Waals surface area contributed by atoms with Crippen molar-refractivity contribution in [3.8, 4) is 0 Å². The monoisotopic (exact) mass is 263 g/mol. The number of nitrogens with two attached hydrogens (primary N) is 1. The zero-order valence-corrected chi connectivity index (χ0v) is 12.1. The fraction of sp³-hybridized carbons (Fsp3) is 0.533. The number of likely N-dealkylation sites (N-methyl/N-ethyl adjacent to an activating group) is 1. The van der Waals surface area contributed by atoms with Crippen molar-refractivity contribution in [3.05, 3.63) is 29.8 Å². The van der Waals surface area contributed by atoms with Gasteiger partial charge in [-0.2, -0.15) is 0 Å². The third-order valence-corrected chi connectivity index (χ3v) is 3.34. The van der Waals surface area contributed by atoms with Crippen LogP contribution < -0.4 is 16.0 Å². The van der Waals surface area contributed by atoms with Gasteiger partial charge < -0.3 is 16.0 Å². The molecule has 1 rings (SSSR count). The molecule has 19 heavy (non-hydrogen) atoms. The third-order valence-electron chi connectivity index (χ3n) is 3.34. The van der Waals surface area contributed by atoms with Gasteiger partial charge >= 0.3 is 0 Å². The molecule has 0 bridgehead atoms. The van der Waals surface area contributed by atoms with E-state index in [2.05, 4.69) is 19.2 Å². The number of hydrogen-bond donors (Lipinski definition) is 2. The second-order valence-corrected chi connectivity index (χ2v) is 4.81. The molecular weight excluding hydrogens is 238 g/mol. The molecule has 3 N–H and O–H groups in total. The number of benzene rings is 1. The van der Waals surface area contributed by atoms with E-state index in [1.165, 1.54) is 0 Å². The molecule has 1 aromatic rings. The molecule has 0 radical (unpaired) electrons. The Morgan fingerprint density at radius 3 is 2.32 bits per heavy atom. The highest BCUT2D eigenvalue weighted by molar-refractivity contribution is 5.81. The van der Waals surface area contributed by atoms with Crippen molar-refractivity contribution in [2.75, 3.05) is 18.5 Å². The summed E-state index contributed by atoms with van der Waals surface area (Å²) in [5.41, 5.74) is 7.69. The van der Waals surface area contributed by atoms with Gasteiger partial charge in [0.25, 0.3) is 0 Å². The SMILES string of the molecule is CCC(CC)NC(=O)CN(C)c1ccc(CN)cc1. The molecule has 0 aliphatic rings. The summed E-state index contributed by atoms with van der Waals surface area (Å²) in [6, 6.07) is 8.24. The van der Waals surface area contributed by atoms with E-state index in [-0.39, 0.29) is 11.9 Å². The maximum atomic E-state index is 11.9. The molecule has 4 heteroatoms. The molecule has 0 aliphatic carbocycles. The van der Waals surface area contributed by atoms with E-state index in [1.807, 2.05) is 36.2 Å². The summed E-state index contributed by atoms with van der Waals surface area (Å²) < 4.78 is 0. The minimum atomic E-state index is 0.0686. The van der Waals surface area contributed by atoms with Crippen LogP contribution in [0.3, 0.4) is 0 Å². The second kappa shape index (κ2) is 7.79. The molecule has 0 saturated carbocycles. The lowest BCUT2D eigenvalue weighted by atomic mass is 10.1. The lowest BCUT2D eigenvalue weighted by Gasteiger charge is -2.21. The Balaban J connectivity index is 2.53. The van der Waals surface area contributed by atoms with E-state index in [1.54, 1.807) is 0 Å². The zero-order chi connectivity index (χ0) is 14.3. The summed E-state index contributed by atoms with van der Waals surface area (Å²) in [6.07, 6.45) is 1.94. The fourth-order valence-corrected chi connectivity index (χ4v) is 1.96. The summed E-state index contributed by atoms with van der Waals surface area (Å²) in [5.74, 6) is 0.0686. The van der Waals surface area contributed by atoms with E-state index < -0.39 is 0 Å². The van der Waals surface area contributed by atoms with Crippen LogP contribution >= 0.6 is 0 Å². The Bertz CT molecular complexity index is 385. The van der Waals surface area contributed by atoms with E-state index in [0.29, 0.717) is 13.1 Å². The maximum absolute atomic E-state index is 11.9. The highest BCUT2D eigenvalue weighted by Crippen LogP contribution is 2.13. The smallest absolute Gasteiger partial charge is 0.239 e. The van der Waals surface area contributed by atoms with Gasteiger partial charge in [-0.25, -0.2) is 0 Å². The molecule has 1 amide bonds. The summed E-state index contributed by atoms with van der Waals surface area (Å²) in [5, 5.41) is 3.04. The lowest BCUT2D eigenvalue weighted by molar-refractivity contribution is -0.120. The first-order valence-corrected chi connectivity index (χ1v) is 6.90. The van der Waals surface area contributed by atoms with Crippen molar-refractivity contribution in [3.63, 3.8) is 0 Å². The van der Waals surface area contributed by atoms with Crippen molar-refractivity contribution in [2.45, 2.75) is 39.3 Å². The largest absolute Gasteiger partial charge is 0.365 e. The van der Waals surface area contributed by atoms with Crippen LogP contribution in [0.25, 0.3) is 0 Å². The Morgan fingerprint density at radius 2 is 1.84 bits per heavy atom. The van der Waals surface area contributed by atoms with Gasteiger partial charge in [0.1, 0.15) is 0 Å². The topological polar surface area (TPSA) is 58.4 Å². The van der Waals surface area contributed by atoms with E-state index in [4.69, 9.17) is 5.73 Å². The van der Waals surface area contributed by atoms with Gasteiger partial charge in [-0.1, -0.05) is 26.0 Å². The standard InChI is InChI=1S/C15H25N3O/c1-4-13(5-2)17-15(19)11-18(3)14-8-6-12(10-16)7-9-14/h6-9,13H,4-5,10-11,16H2,1-3H3,(H,17,19). The molecular formula is C15H25N3O. The number of rotatable bonds is 7. The minimum absolute atomic E-state index is 0.0686. The number of carbonyl (C=O) groups is 1. The van der Waals surface area contributed by atoms with Crippen LogP contribution in [-0.4, -0.2) is 25.5 Å². The summed E-state index contributed by atoms with van der Waals surface area (Å²) in [7, 11) is 1.92. The van der Waals surface area contributed by atoms with Crippen molar-refractivity contribution >= 4 is 11.6 Å². The number of amides is 1. The van der Waals surface area contributed by atoms with Crippen molar-refractivity contribution in [2.24, 2.45) is 5.73 Å². The average Bonchev–Trinajstić information content (AvgIpc) is 2.44. The van der Waals surface area contributed by atoms with E-state index in [0.717, 1.165) is 24.1 Å². The molecule has 0 unspecified atom stereocenters. The molecule has 0 heterocycles. The van der Waals surface area contributed by atoms with E-state index >= 15 is 0 Å². The molecule has 4 nitrogen and oxygen atoms in total. The highest BCUT2D eigenvalue weighted by atomic mass is 16.2. The van der Waals surface area contributed by atoms with Crippen LogP contribution in [0.2, 0.25) is 0 Å². The van der Waals surface area contributed by atoms with Gasteiger partial charge in [-0.3, -0.25) is 4.79 Å². The van der Waals surface area contributed by atoms with Gasteiger partial charge in [0.15, 0.2) is 0 Å². The molecule has 0 aliphatic heterocycles. The van der Waals surface area contributed by atoms with Crippen LogP contribution in [0, 0.1) is 0 Å². The van der Waals surface area contributed by atoms with Crippen molar-refractivity contribution in [1.82, 2.24) is 5.32 Å². The molecule has 0 spiro atoms. The van der Waals surface area contributed by atoms with Crippen LogP contribution in [0.1, 0.15) is 32.3 Å². The predicted molar refractivity (Wildman–Crippen MR) is 80.1 cm³/mol. The molecule has 0 aromatic heterocycles. The van der Waals surface area contributed by atoms with Crippen LogP contribution in [-0.2, 0) is 11.3 Å². The first-order valence-electron chi connectivity index (χ1n) is 6.90. The van der Waals surface area contributed by atoms with Gasteiger partial charge in [0.05, 0.1) is 6.54 Å². The van der Waals surface area contributed by atoms with E-state index in [9.17, 15) is 4.79 Å². The van der Waals surface area contributed by atoms with Crippen LogP contribution in [0.15, 0.2) is 24.3 Å². The Hall–Kier alpha value is -1.55. The normalized spacial score (nSPS) is 10.6. The third kappa shape index (κ3) is 4.91. The summed E-state index contributed by atoms with van der Waals surface area (Å²) in [4.78, 5) is 13.8. The fourth-order valence-electron chi connectivity index (χ4n) is 1.96. The summed E-state index contributed by atoms with van der Waals surface area (Å²) >= 11 is 0. The number of anilines is 1. The van der Waals surface area contributed by atoms with Crippen LogP contribution in [0.4, 0.5) is 5.69 Å². The second-order valence-electron chi connectivity index (χ2n) is 4.81. The first-order chi connectivity index (χ1) is 9.10. The van der Waals surface area contributed by atoms with Gasteiger partial charge in [-0.15, -0.1) is 0 Å². The molecule has 0 atom stereocenters. The van der Waals surface area contributed by atoms with Crippen LogP contribution in [0.5, 0.6) is 0 Å². The zero-order valence-electron chi connectivity index (χ0n) is 12.1. The molecule has 1 aromatic carbocycles. The van der Waals surface area contributed by atoms with Crippen molar-refractivity contribution < 1.29 is 4.79 Å². The molecule has 0 saturated heterocycles. The quantitative estimate of drug-likeness (QED) is 0.790. The van der Waals surface area contributed by atoms with Crippen molar-refractivity contribution in [1.29, 1.82) is 0 Å². The first kappa shape index (κ1) is 15.5.